The average Bonchev–Trinajstić information content (AvgIpc) is 3.42. The Hall–Kier alpha value is -2.25. The highest BCUT2D eigenvalue weighted by Crippen LogP contribution is 2.59. The number of carbonyl (C=O) groups is 2. The molecule has 2 amide bonds. The maximum Gasteiger partial charge on any atom is 0.327 e. The standard InChI is InChI=1S/C24H37N5O3/c1-4-13-28-20-18(19-25-16(15(2)3)14-29(19)22(28)32)26-21(27-20)24-10-7-23(8-11-24,9-12-24)6-5-17(30)31/h15-16,20,25H,4-14H2,1-3H3,(H,26,27)(H,30,31)/t16-,20?,23?,24?/m0/s1. The molecular weight excluding hydrogens is 406 g/mol. The topological polar surface area (TPSA) is 97.3 Å². The molecule has 8 heteroatoms. The summed E-state index contributed by atoms with van der Waals surface area (Å²) in [6.45, 7) is 7.90. The second-order valence-electron chi connectivity index (χ2n) is 11.0. The van der Waals surface area contributed by atoms with Crippen molar-refractivity contribution in [2.45, 2.75) is 90.8 Å². The van der Waals surface area contributed by atoms with Crippen molar-refractivity contribution in [3.8, 4) is 0 Å². The third-order valence-electron chi connectivity index (χ3n) is 8.80. The van der Waals surface area contributed by atoms with Gasteiger partial charge in [-0.05, 0) is 62.7 Å². The molecule has 3 saturated carbocycles. The molecule has 0 spiro atoms. The lowest BCUT2D eigenvalue weighted by Crippen LogP contribution is -2.53. The molecule has 3 aliphatic carbocycles. The Bertz CT molecular complexity index is 854. The molecule has 8 nitrogen and oxygen atoms in total. The van der Waals surface area contributed by atoms with Gasteiger partial charge in [-0.1, -0.05) is 20.8 Å². The van der Waals surface area contributed by atoms with Gasteiger partial charge in [0.1, 0.15) is 17.4 Å². The average molecular weight is 444 g/mol. The van der Waals surface area contributed by atoms with E-state index in [-0.39, 0.29) is 35.5 Å². The molecule has 4 fully saturated rings. The summed E-state index contributed by atoms with van der Waals surface area (Å²) in [6, 6.07) is 0.322. The molecule has 0 aromatic rings. The summed E-state index contributed by atoms with van der Waals surface area (Å²) < 4.78 is 0. The normalized spacial score (nSPS) is 35.6. The molecule has 1 unspecified atom stereocenters. The van der Waals surface area contributed by atoms with E-state index in [2.05, 4.69) is 31.4 Å². The summed E-state index contributed by atoms with van der Waals surface area (Å²) in [6.07, 6.45) is 8.13. The van der Waals surface area contributed by atoms with Crippen molar-refractivity contribution >= 4 is 17.8 Å². The number of hydrogen-bond donors (Lipinski definition) is 3. The fraction of sp³-hybridized carbons (Fsp3) is 0.792. The number of aliphatic carboxylic acids is 1. The third kappa shape index (κ3) is 3.28. The Balaban J connectivity index is 1.40. The van der Waals surface area contributed by atoms with Crippen molar-refractivity contribution in [3.63, 3.8) is 0 Å². The zero-order valence-electron chi connectivity index (χ0n) is 19.6. The number of fused-ring (bicyclic) bond motifs is 5. The number of carbonyl (C=O) groups excluding carboxylic acids is 1. The Labute approximate surface area is 190 Å². The second-order valence-corrected chi connectivity index (χ2v) is 11.0. The van der Waals surface area contributed by atoms with Gasteiger partial charge in [0.05, 0.1) is 0 Å². The Kier molecular flexibility index (Phi) is 5.17. The molecule has 3 heterocycles. The number of carboxylic acid groups (broad SMARTS) is 1. The molecule has 1 saturated heterocycles. The second kappa shape index (κ2) is 7.66. The summed E-state index contributed by atoms with van der Waals surface area (Å²) in [4.78, 5) is 33.5. The van der Waals surface area contributed by atoms with Crippen LogP contribution in [0.2, 0.25) is 0 Å². The van der Waals surface area contributed by atoms with Gasteiger partial charge in [-0.25, -0.2) is 9.79 Å². The van der Waals surface area contributed by atoms with Gasteiger partial charge >= 0.3 is 12.0 Å². The smallest absolute Gasteiger partial charge is 0.327 e. The number of urea groups is 1. The van der Waals surface area contributed by atoms with Gasteiger partial charge in [0, 0.05) is 31.0 Å². The Morgan fingerprint density at radius 3 is 2.50 bits per heavy atom. The van der Waals surface area contributed by atoms with E-state index in [0.717, 1.165) is 68.7 Å². The summed E-state index contributed by atoms with van der Waals surface area (Å²) in [5.41, 5.74) is 1.28. The molecule has 6 rings (SSSR count). The number of rotatable bonds is 7. The quantitative estimate of drug-likeness (QED) is 0.560. The van der Waals surface area contributed by atoms with Crippen LogP contribution >= 0.6 is 0 Å². The van der Waals surface area contributed by atoms with Crippen molar-refractivity contribution in [2.24, 2.45) is 21.7 Å². The van der Waals surface area contributed by atoms with Gasteiger partial charge in [0.2, 0.25) is 0 Å². The van der Waals surface area contributed by atoms with Crippen molar-refractivity contribution in [2.75, 3.05) is 13.1 Å². The fourth-order valence-corrected chi connectivity index (χ4v) is 6.53. The van der Waals surface area contributed by atoms with Crippen molar-refractivity contribution < 1.29 is 14.7 Å². The van der Waals surface area contributed by atoms with Crippen LogP contribution in [0.5, 0.6) is 0 Å². The summed E-state index contributed by atoms with van der Waals surface area (Å²) >= 11 is 0. The minimum Gasteiger partial charge on any atom is -0.481 e. The van der Waals surface area contributed by atoms with Gasteiger partial charge < -0.3 is 15.7 Å². The Morgan fingerprint density at radius 2 is 1.91 bits per heavy atom. The summed E-state index contributed by atoms with van der Waals surface area (Å²) in [5.74, 6) is 1.73. The number of nitrogens with zero attached hydrogens (tertiary/aromatic N) is 3. The number of aliphatic imine (C=N–C) groups is 1. The van der Waals surface area contributed by atoms with Crippen molar-refractivity contribution in [3.05, 3.63) is 11.5 Å². The number of nitrogens with one attached hydrogen (secondary N) is 2. The van der Waals surface area contributed by atoms with Crippen LogP contribution in [0, 0.1) is 16.7 Å². The lowest BCUT2D eigenvalue weighted by atomic mass is 9.52. The molecule has 32 heavy (non-hydrogen) atoms. The van der Waals surface area contributed by atoms with E-state index < -0.39 is 5.97 Å². The lowest BCUT2D eigenvalue weighted by Gasteiger charge is -2.53. The van der Waals surface area contributed by atoms with Crippen LogP contribution in [0.25, 0.3) is 0 Å². The molecule has 2 bridgehead atoms. The zero-order chi connectivity index (χ0) is 22.7. The van der Waals surface area contributed by atoms with Gasteiger partial charge in [-0.3, -0.25) is 14.6 Å². The van der Waals surface area contributed by atoms with E-state index in [1.807, 2.05) is 9.80 Å². The van der Waals surface area contributed by atoms with E-state index in [4.69, 9.17) is 10.1 Å². The van der Waals surface area contributed by atoms with Gasteiger partial charge in [-0.2, -0.15) is 0 Å². The van der Waals surface area contributed by atoms with E-state index in [0.29, 0.717) is 19.0 Å². The highest BCUT2D eigenvalue weighted by Gasteiger charge is 2.54. The van der Waals surface area contributed by atoms with Gasteiger partial charge in [-0.15, -0.1) is 0 Å². The molecule has 0 radical (unpaired) electrons. The minimum absolute atomic E-state index is 0.0394. The van der Waals surface area contributed by atoms with Crippen molar-refractivity contribution in [1.29, 1.82) is 0 Å². The Morgan fingerprint density at radius 1 is 1.22 bits per heavy atom. The van der Waals surface area contributed by atoms with E-state index >= 15 is 0 Å². The summed E-state index contributed by atoms with van der Waals surface area (Å²) in [5, 5.41) is 16.5. The zero-order valence-corrected chi connectivity index (χ0v) is 19.6. The molecule has 6 aliphatic rings. The first kappa shape index (κ1) is 21.6. The van der Waals surface area contributed by atoms with E-state index in [1.165, 1.54) is 0 Å². The first-order chi connectivity index (χ1) is 15.3. The number of carboxylic acids is 1. The fourth-order valence-electron chi connectivity index (χ4n) is 6.53. The molecule has 0 aromatic heterocycles. The minimum atomic E-state index is -0.685. The maximum absolute atomic E-state index is 13.3. The lowest BCUT2D eigenvalue weighted by molar-refractivity contribution is -0.138. The van der Waals surface area contributed by atoms with Gasteiger partial charge in [0.25, 0.3) is 0 Å². The van der Waals surface area contributed by atoms with Gasteiger partial charge in [0.15, 0.2) is 6.17 Å². The molecule has 176 valence electrons. The molecule has 2 atom stereocenters. The number of amides is 2. The first-order valence-electron chi connectivity index (χ1n) is 12.4. The predicted octanol–water partition coefficient (Wildman–Crippen LogP) is 3.46. The number of amidine groups is 1. The van der Waals surface area contributed by atoms with Crippen LogP contribution in [-0.4, -0.2) is 58.0 Å². The van der Waals surface area contributed by atoms with Crippen molar-refractivity contribution in [1.82, 2.24) is 20.4 Å². The maximum atomic E-state index is 13.3. The van der Waals surface area contributed by atoms with Crippen LogP contribution in [-0.2, 0) is 4.79 Å². The highest BCUT2D eigenvalue weighted by molar-refractivity contribution is 5.94. The monoisotopic (exact) mass is 443 g/mol. The third-order valence-corrected chi connectivity index (χ3v) is 8.80. The SMILES string of the molecule is CCCN1C(=O)N2C[C@@H](C(C)C)NC2=C2NC(C34CCC(CCC(=O)O)(CC3)CC4)=NC21. The predicted molar refractivity (Wildman–Crippen MR) is 122 cm³/mol. The van der Waals surface area contributed by atoms with E-state index in [9.17, 15) is 9.59 Å². The largest absolute Gasteiger partial charge is 0.481 e. The van der Waals surface area contributed by atoms with Crippen LogP contribution < -0.4 is 10.6 Å². The van der Waals surface area contributed by atoms with Crippen LogP contribution in [0.1, 0.15) is 78.6 Å². The van der Waals surface area contributed by atoms with E-state index in [1.54, 1.807) is 0 Å². The number of hydrogen-bond acceptors (Lipinski definition) is 5. The van der Waals surface area contributed by atoms with Crippen LogP contribution in [0.3, 0.4) is 0 Å². The molecule has 3 N–H and O–H groups in total. The molecular formula is C24H37N5O3. The summed E-state index contributed by atoms with van der Waals surface area (Å²) in [7, 11) is 0. The van der Waals surface area contributed by atoms with Crippen LogP contribution in [0.15, 0.2) is 16.5 Å². The first-order valence-corrected chi connectivity index (χ1v) is 12.4. The molecule has 3 aliphatic heterocycles. The molecule has 0 aromatic carbocycles. The van der Waals surface area contributed by atoms with Crippen LogP contribution in [0.4, 0.5) is 4.79 Å². The highest BCUT2D eigenvalue weighted by atomic mass is 16.4.